The number of rotatable bonds is 7. The first-order valence-electron chi connectivity index (χ1n) is 10.0. The average Bonchev–Trinajstić information content (AvgIpc) is 3.14. The van der Waals surface area contributed by atoms with Crippen LogP contribution in [0.4, 0.5) is 11.5 Å². The van der Waals surface area contributed by atoms with E-state index in [4.69, 9.17) is 11.6 Å². The summed E-state index contributed by atoms with van der Waals surface area (Å²) in [6.07, 6.45) is 4.18. The van der Waals surface area contributed by atoms with Crippen molar-refractivity contribution in [1.82, 2.24) is 19.8 Å². The molecule has 3 heterocycles. The van der Waals surface area contributed by atoms with E-state index in [1.165, 1.54) is 29.1 Å². The van der Waals surface area contributed by atoms with Gasteiger partial charge in [0.2, 0.25) is 5.91 Å². The molecule has 2 aromatic heterocycles. The zero-order chi connectivity index (χ0) is 22.5. The van der Waals surface area contributed by atoms with Crippen LogP contribution in [0.5, 0.6) is 0 Å². The molecule has 1 aliphatic heterocycles. The van der Waals surface area contributed by atoms with E-state index in [0.29, 0.717) is 16.9 Å². The van der Waals surface area contributed by atoms with Crippen molar-refractivity contribution < 1.29 is 14.5 Å². The van der Waals surface area contributed by atoms with Crippen LogP contribution in [0.2, 0.25) is 5.02 Å². The molecule has 0 radical (unpaired) electrons. The molecule has 1 saturated heterocycles. The zero-order valence-corrected chi connectivity index (χ0v) is 18.1. The van der Waals surface area contributed by atoms with Crippen molar-refractivity contribution in [3.05, 3.63) is 51.4 Å². The Morgan fingerprint density at radius 1 is 1.32 bits per heavy atom. The molecule has 2 amide bonds. The third-order valence-electron chi connectivity index (χ3n) is 5.23. The number of pyridine rings is 1. The molecule has 0 aromatic carbocycles. The molecule has 0 spiro atoms. The summed E-state index contributed by atoms with van der Waals surface area (Å²) in [5, 5.41) is 17.2. The number of anilines is 1. The second kappa shape index (κ2) is 9.88. The summed E-state index contributed by atoms with van der Waals surface area (Å²) in [5.74, 6) is -0.618. The molecule has 1 aliphatic rings. The molecule has 3 rings (SSSR count). The number of likely N-dealkylation sites (tertiary alicyclic amines) is 1. The SMILES string of the molecule is CC(C)N1CCC(NC(=O)c2cc([N+](=O)[O-])cn2CC(=O)Nc2ccc(Cl)cn2)CC1. The molecule has 0 aliphatic carbocycles. The number of aromatic nitrogens is 2. The zero-order valence-electron chi connectivity index (χ0n) is 17.4. The Labute approximate surface area is 184 Å². The second-order valence-corrected chi connectivity index (χ2v) is 8.19. The molecular formula is C20H25ClN6O4. The summed E-state index contributed by atoms with van der Waals surface area (Å²) in [6.45, 7) is 5.75. The summed E-state index contributed by atoms with van der Waals surface area (Å²) in [7, 11) is 0. The second-order valence-electron chi connectivity index (χ2n) is 7.76. The molecule has 0 atom stereocenters. The summed E-state index contributed by atoms with van der Waals surface area (Å²) >= 11 is 5.78. The number of carbonyl (C=O) groups excluding carboxylic acids is 2. The highest BCUT2D eigenvalue weighted by molar-refractivity contribution is 6.30. The minimum atomic E-state index is -0.590. The van der Waals surface area contributed by atoms with Gasteiger partial charge in [0.1, 0.15) is 18.1 Å². The van der Waals surface area contributed by atoms with Gasteiger partial charge in [0.15, 0.2) is 0 Å². The van der Waals surface area contributed by atoms with Crippen molar-refractivity contribution >= 4 is 34.9 Å². The Balaban J connectivity index is 1.68. The lowest BCUT2D eigenvalue weighted by Gasteiger charge is -2.34. The van der Waals surface area contributed by atoms with Gasteiger partial charge in [0, 0.05) is 37.4 Å². The van der Waals surface area contributed by atoms with E-state index >= 15 is 0 Å². The highest BCUT2D eigenvalue weighted by Gasteiger charge is 2.26. The lowest BCUT2D eigenvalue weighted by atomic mass is 10.0. The van der Waals surface area contributed by atoms with Crippen molar-refractivity contribution in [1.29, 1.82) is 0 Å². The smallest absolute Gasteiger partial charge is 0.287 e. The number of halogens is 1. The number of nitrogens with zero attached hydrogens (tertiary/aromatic N) is 4. The summed E-state index contributed by atoms with van der Waals surface area (Å²) in [6, 6.07) is 4.73. The maximum atomic E-state index is 12.8. The van der Waals surface area contributed by atoms with Crippen LogP contribution in [0.15, 0.2) is 30.6 Å². The fraction of sp³-hybridized carbons (Fsp3) is 0.450. The van der Waals surface area contributed by atoms with E-state index in [-0.39, 0.29) is 24.0 Å². The van der Waals surface area contributed by atoms with Crippen LogP contribution in [0, 0.1) is 10.1 Å². The van der Waals surface area contributed by atoms with Gasteiger partial charge in [0.25, 0.3) is 11.6 Å². The van der Waals surface area contributed by atoms with E-state index in [9.17, 15) is 19.7 Å². The van der Waals surface area contributed by atoms with E-state index in [0.717, 1.165) is 25.9 Å². The van der Waals surface area contributed by atoms with Gasteiger partial charge >= 0.3 is 0 Å². The summed E-state index contributed by atoms with van der Waals surface area (Å²) in [4.78, 5) is 42.2. The van der Waals surface area contributed by atoms with E-state index in [1.54, 1.807) is 6.07 Å². The monoisotopic (exact) mass is 448 g/mol. The van der Waals surface area contributed by atoms with Crippen molar-refractivity contribution in [3.8, 4) is 0 Å². The van der Waals surface area contributed by atoms with Gasteiger partial charge in [-0.05, 0) is 38.8 Å². The highest BCUT2D eigenvalue weighted by Crippen LogP contribution is 2.19. The molecule has 2 aromatic rings. The number of nitrogens with one attached hydrogen (secondary N) is 2. The predicted octanol–water partition coefficient (Wildman–Crippen LogP) is 2.69. The normalized spacial score (nSPS) is 15.1. The van der Waals surface area contributed by atoms with Crippen molar-refractivity contribution in [2.45, 2.75) is 45.3 Å². The molecule has 0 unspecified atom stereocenters. The highest BCUT2D eigenvalue weighted by atomic mass is 35.5. The molecule has 0 bridgehead atoms. The van der Waals surface area contributed by atoms with Gasteiger partial charge in [0.05, 0.1) is 16.1 Å². The summed E-state index contributed by atoms with van der Waals surface area (Å²) < 4.78 is 1.28. The fourth-order valence-electron chi connectivity index (χ4n) is 3.52. The molecule has 0 saturated carbocycles. The van der Waals surface area contributed by atoms with Gasteiger partial charge < -0.3 is 20.1 Å². The van der Waals surface area contributed by atoms with Crippen LogP contribution in [0.3, 0.4) is 0 Å². The van der Waals surface area contributed by atoms with Crippen LogP contribution in [0.1, 0.15) is 37.2 Å². The van der Waals surface area contributed by atoms with Crippen LogP contribution in [0.25, 0.3) is 0 Å². The molecule has 31 heavy (non-hydrogen) atoms. The quantitative estimate of drug-likeness (QED) is 0.496. The standard InChI is InChI=1S/C20H25ClN6O4/c1-13(2)25-7-5-15(6-8-25)23-20(29)17-9-16(27(30)31)11-26(17)12-19(28)24-18-4-3-14(21)10-22-18/h3-4,9-11,13,15H,5-8,12H2,1-2H3,(H,23,29)(H,22,24,28). The van der Waals surface area contributed by atoms with Gasteiger partial charge in [-0.3, -0.25) is 19.7 Å². The lowest BCUT2D eigenvalue weighted by molar-refractivity contribution is -0.384. The predicted molar refractivity (Wildman–Crippen MR) is 116 cm³/mol. The van der Waals surface area contributed by atoms with E-state index in [2.05, 4.69) is 34.4 Å². The third-order valence-corrected chi connectivity index (χ3v) is 5.45. The lowest BCUT2D eigenvalue weighted by Crippen LogP contribution is -2.47. The van der Waals surface area contributed by atoms with Crippen LogP contribution in [-0.4, -0.2) is 56.4 Å². The fourth-order valence-corrected chi connectivity index (χ4v) is 3.63. The van der Waals surface area contributed by atoms with Gasteiger partial charge in [-0.25, -0.2) is 4.98 Å². The Morgan fingerprint density at radius 2 is 2.03 bits per heavy atom. The number of carbonyl (C=O) groups is 2. The van der Waals surface area contributed by atoms with Crippen LogP contribution in [-0.2, 0) is 11.3 Å². The van der Waals surface area contributed by atoms with Crippen molar-refractivity contribution in [3.63, 3.8) is 0 Å². The molecule has 2 N–H and O–H groups in total. The van der Waals surface area contributed by atoms with E-state index in [1.807, 2.05) is 0 Å². The Bertz CT molecular complexity index is 951. The van der Waals surface area contributed by atoms with Crippen LogP contribution >= 0.6 is 11.6 Å². The molecular weight excluding hydrogens is 424 g/mol. The molecule has 1 fully saturated rings. The number of hydrogen-bond donors (Lipinski definition) is 2. The number of hydrogen-bond acceptors (Lipinski definition) is 6. The van der Waals surface area contributed by atoms with Gasteiger partial charge in [-0.2, -0.15) is 0 Å². The number of nitro groups is 1. The molecule has 11 heteroatoms. The number of piperidine rings is 1. The number of amides is 2. The van der Waals surface area contributed by atoms with Crippen LogP contribution < -0.4 is 10.6 Å². The largest absolute Gasteiger partial charge is 0.348 e. The van der Waals surface area contributed by atoms with Gasteiger partial charge in [-0.15, -0.1) is 0 Å². The van der Waals surface area contributed by atoms with Gasteiger partial charge in [-0.1, -0.05) is 11.6 Å². The Morgan fingerprint density at radius 3 is 2.61 bits per heavy atom. The summed E-state index contributed by atoms with van der Waals surface area (Å²) in [5.41, 5.74) is -0.186. The maximum absolute atomic E-state index is 12.8. The minimum absolute atomic E-state index is 0.0167. The van der Waals surface area contributed by atoms with E-state index < -0.39 is 16.7 Å². The third kappa shape index (κ3) is 6.02. The Kier molecular flexibility index (Phi) is 7.24. The minimum Gasteiger partial charge on any atom is -0.348 e. The first-order chi connectivity index (χ1) is 14.7. The first-order valence-corrected chi connectivity index (χ1v) is 10.4. The first kappa shape index (κ1) is 22.7. The average molecular weight is 449 g/mol. The van der Waals surface area contributed by atoms with Crippen molar-refractivity contribution in [2.75, 3.05) is 18.4 Å². The molecule has 166 valence electrons. The topological polar surface area (TPSA) is 122 Å². The molecule has 10 nitrogen and oxygen atoms in total. The Hall–Kier alpha value is -2.98. The van der Waals surface area contributed by atoms with Crippen molar-refractivity contribution in [2.24, 2.45) is 0 Å². The maximum Gasteiger partial charge on any atom is 0.287 e.